The van der Waals surface area contributed by atoms with Crippen LogP contribution in [0.2, 0.25) is 0 Å². The van der Waals surface area contributed by atoms with Crippen molar-refractivity contribution in [2.75, 3.05) is 0 Å². The number of hydrogen-bond acceptors (Lipinski definition) is 7. The molecule has 0 saturated heterocycles. The van der Waals surface area contributed by atoms with Crippen molar-refractivity contribution in [3.63, 3.8) is 0 Å². The molecule has 0 aliphatic carbocycles. The maximum absolute atomic E-state index is 13.6. The number of hydrogen-bond donors (Lipinski definition) is 3. The van der Waals surface area contributed by atoms with Crippen LogP contribution in [0.5, 0.6) is 0 Å². The number of carbonyl (C=O) groups is 3. The summed E-state index contributed by atoms with van der Waals surface area (Å²) >= 11 is 1.34. The predicted molar refractivity (Wildman–Crippen MR) is 153 cm³/mol. The lowest BCUT2D eigenvalue weighted by Gasteiger charge is -2.22. The van der Waals surface area contributed by atoms with Gasteiger partial charge in [-0.1, -0.05) is 41.5 Å². The van der Waals surface area contributed by atoms with E-state index < -0.39 is 18.1 Å². The molecule has 0 radical (unpaired) electrons. The van der Waals surface area contributed by atoms with Crippen LogP contribution in [0.25, 0.3) is 0 Å². The third-order valence-corrected chi connectivity index (χ3v) is 8.63. The van der Waals surface area contributed by atoms with E-state index in [4.69, 9.17) is 9.97 Å². The number of fused-ring (bicyclic) bond motifs is 6. The molecule has 0 unspecified atom stereocenters. The fourth-order valence-corrected chi connectivity index (χ4v) is 5.95. The highest BCUT2D eigenvalue weighted by Gasteiger charge is 2.33. The molecule has 3 atom stereocenters. The number of nitrogens with zero attached hydrogens (tertiary/aromatic N) is 5. The third-order valence-electron chi connectivity index (χ3n) is 7.70. The molecule has 12 heteroatoms. The summed E-state index contributed by atoms with van der Waals surface area (Å²) in [6, 6.07) is -1.34. The van der Waals surface area contributed by atoms with Crippen LogP contribution in [0.15, 0.2) is 5.38 Å². The van der Waals surface area contributed by atoms with Crippen molar-refractivity contribution in [3.05, 3.63) is 50.5 Å². The van der Waals surface area contributed by atoms with Gasteiger partial charge in [-0.2, -0.15) is 0 Å². The Morgan fingerprint density at radius 2 is 1.07 bits per heavy atom. The number of carbonyl (C=O) groups excluding carboxylic acids is 3. The SMILES string of the molecule is Cc1c2nc(n1C)[C@H](C(C)C)NC(=O)c1csc(n1)[C@H](C(C)C)NC(=O)c1nc(n(C)c1C)[C@H](C(C)C)NC2=O. The summed E-state index contributed by atoms with van der Waals surface area (Å²) in [5, 5.41) is 11.6. The molecule has 3 aromatic rings. The number of aromatic nitrogens is 5. The van der Waals surface area contributed by atoms with Crippen LogP contribution >= 0.6 is 11.3 Å². The first kappa shape index (κ1) is 29.4. The minimum Gasteiger partial charge on any atom is -0.341 e. The molecular formula is C28H40N8O3S. The highest BCUT2D eigenvalue weighted by atomic mass is 32.1. The van der Waals surface area contributed by atoms with Crippen LogP contribution in [0.3, 0.4) is 0 Å². The van der Waals surface area contributed by atoms with Gasteiger partial charge in [-0.05, 0) is 31.6 Å². The van der Waals surface area contributed by atoms with Gasteiger partial charge >= 0.3 is 0 Å². The second-order valence-corrected chi connectivity index (χ2v) is 12.5. The first-order valence-electron chi connectivity index (χ1n) is 13.7. The summed E-state index contributed by atoms with van der Waals surface area (Å²) in [5.74, 6) is 0.145. The molecular weight excluding hydrogens is 528 g/mol. The lowest BCUT2D eigenvalue weighted by atomic mass is 10.0. The number of imidazole rings is 2. The summed E-state index contributed by atoms with van der Waals surface area (Å²) in [4.78, 5) is 54.6. The third kappa shape index (κ3) is 5.28. The molecule has 4 heterocycles. The Labute approximate surface area is 239 Å². The summed E-state index contributed by atoms with van der Waals surface area (Å²) in [7, 11) is 3.69. The molecule has 0 spiro atoms. The monoisotopic (exact) mass is 568 g/mol. The number of nitrogens with one attached hydrogen (secondary N) is 3. The zero-order valence-electron chi connectivity index (χ0n) is 24.9. The van der Waals surface area contributed by atoms with E-state index >= 15 is 0 Å². The Morgan fingerprint density at radius 1 is 0.675 bits per heavy atom. The number of thiazole rings is 1. The molecule has 11 nitrogen and oxygen atoms in total. The minimum absolute atomic E-state index is 0.0101. The zero-order chi connectivity index (χ0) is 29.6. The molecule has 4 rings (SSSR count). The first-order valence-corrected chi connectivity index (χ1v) is 14.5. The highest BCUT2D eigenvalue weighted by molar-refractivity contribution is 7.09. The van der Waals surface area contributed by atoms with E-state index in [2.05, 4.69) is 20.9 Å². The fraction of sp³-hybridized carbons (Fsp3) is 0.571. The first-order chi connectivity index (χ1) is 18.7. The van der Waals surface area contributed by atoms with E-state index in [0.29, 0.717) is 28.0 Å². The quantitative estimate of drug-likeness (QED) is 0.438. The fourth-order valence-electron chi connectivity index (χ4n) is 4.93. The molecule has 0 fully saturated rings. The van der Waals surface area contributed by atoms with Gasteiger partial charge in [-0.25, -0.2) is 15.0 Å². The van der Waals surface area contributed by atoms with Crippen molar-refractivity contribution in [1.82, 2.24) is 40.0 Å². The van der Waals surface area contributed by atoms with E-state index in [1.54, 1.807) is 5.38 Å². The van der Waals surface area contributed by atoms with Crippen molar-refractivity contribution in [2.24, 2.45) is 31.8 Å². The average molecular weight is 569 g/mol. The van der Waals surface area contributed by atoms with Crippen molar-refractivity contribution < 1.29 is 14.4 Å². The summed E-state index contributed by atoms with van der Waals surface area (Å²) in [6.07, 6.45) is 0. The Bertz CT molecular complexity index is 1450. The van der Waals surface area contributed by atoms with Gasteiger partial charge in [0.15, 0.2) is 0 Å². The van der Waals surface area contributed by atoms with E-state index in [1.807, 2.05) is 78.6 Å². The lowest BCUT2D eigenvalue weighted by molar-refractivity contribution is 0.0913. The maximum atomic E-state index is 13.6. The average Bonchev–Trinajstić information content (AvgIpc) is 3.56. The van der Waals surface area contributed by atoms with Gasteiger partial charge in [0.05, 0.1) is 18.1 Å². The summed E-state index contributed by atoms with van der Waals surface area (Å²) in [5.41, 5.74) is 2.20. The molecule has 216 valence electrons. The van der Waals surface area contributed by atoms with Gasteiger partial charge < -0.3 is 25.1 Å². The van der Waals surface area contributed by atoms with Gasteiger partial charge in [0, 0.05) is 30.9 Å². The number of amides is 3. The van der Waals surface area contributed by atoms with Gasteiger partial charge in [0.1, 0.15) is 33.7 Å². The molecule has 0 aromatic carbocycles. The predicted octanol–water partition coefficient (Wildman–Crippen LogP) is 3.92. The van der Waals surface area contributed by atoms with Crippen LogP contribution in [-0.4, -0.2) is 41.8 Å². The van der Waals surface area contributed by atoms with Crippen molar-refractivity contribution in [2.45, 2.75) is 73.5 Å². The second kappa shape index (κ2) is 11.1. The lowest BCUT2D eigenvalue weighted by Crippen LogP contribution is -2.35. The Morgan fingerprint density at radius 3 is 1.50 bits per heavy atom. The van der Waals surface area contributed by atoms with Crippen LogP contribution in [0, 0.1) is 31.6 Å². The van der Waals surface area contributed by atoms with Gasteiger partial charge in [-0.3, -0.25) is 14.4 Å². The molecule has 3 amide bonds. The summed E-state index contributed by atoms with van der Waals surface area (Å²) < 4.78 is 3.71. The smallest absolute Gasteiger partial charge is 0.272 e. The van der Waals surface area contributed by atoms with Crippen molar-refractivity contribution in [3.8, 4) is 0 Å². The molecule has 40 heavy (non-hydrogen) atoms. The van der Waals surface area contributed by atoms with Gasteiger partial charge in [0.25, 0.3) is 17.7 Å². The molecule has 3 N–H and O–H groups in total. The highest BCUT2D eigenvalue weighted by Crippen LogP contribution is 2.29. The normalized spacial score (nSPS) is 20.4. The van der Waals surface area contributed by atoms with Gasteiger partial charge in [-0.15, -0.1) is 11.3 Å². The molecule has 1 aliphatic heterocycles. The Balaban J connectivity index is 1.90. The number of rotatable bonds is 3. The topological polar surface area (TPSA) is 136 Å². The minimum atomic E-state index is -0.468. The second-order valence-electron chi connectivity index (χ2n) is 11.6. The molecule has 0 saturated carbocycles. The van der Waals surface area contributed by atoms with Crippen LogP contribution in [0.4, 0.5) is 0 Å². The van der Waals surface area contributed by atoms with Crippen LogP contribution < -0.4 is 16.0 Å². The van der Waals surface area contributed by atoms with Crippen LogP contribution in [0.1, 0.15) is 119 Å². The molecule has 1 aliphatic rings. The van der Waals surface area contributed by atoms with E-state index in [-0.39, 0.29) is 52.6 Å². The van der Waals surface area contributed by atoms with Gasteiger partial charge in [0.2, 0.25) is 0 Å². The van der Waals surface area contributed by atoms with E-state index in [1.165, 1.54) is 11.3 Å². The van der Waals surface area contributed by atoms with Crippen LogP contribution in [-0.2, 0) is 14.1 Å². The zero-order valence-corrected chi connectivity index (χ0v) is 25.7. The van der Waals surface area contributed by atoms with Crippen molar-refractivity contribution >= 4 is 29.1 Å². The van der Waals surface area contributed by atoms with E-state index in [0.717, 1.165) is 0 Å². The van der Waals surface area contributed by atoms with Crippen molar-refractivity contribution in [1.29, 1.82) is 0 Å². The molecule has 3 aromatic heterocycles. The van der Waals surface area contributed by atoms with E-state index in [9.17, 15) is 14.4 Å². The Hall–Kier alpha value is -3.54. The molecule has 6 bridgehead atoms. The Kier molecular flexibility index (Phi) is 8.21. The largest absolute Gasteiger partial charge is 0.341 e. The standard InChI is InChI=1S/C28H40N8O3S/c1-12(2)18-23-30-21(15(7)35(23)9)26(38)33-19(13(3)4)24-31-22(16(8)36(24)10)27(39)34-20(14(5)6)28-29-17(11-40-28)25(37)32-18/h11-14,18-20H,1-10H3,(H,32,37)(H,33,38)(H,34,39)/t18-,19-,20-/m0/s1. The maximum Gasteiger partial charge on any atom is 0.272 e. The summed E-state index contributed by atoms with van der Waals surface area (Å²) in [6.45, 7) is 15.6.